The van der Waals surface area contributed by atoms with Gasteiger partial charge in [-0.05, 0) is 13.0 Å². The molecular formula is C12H17N5OS. The summed E-state index contributed by atoms with van der Waals surface area (Å²) < 4.78 is 1.77. The maximum atomic E-state index is 12.1. The first kappa shape index (κ1) is 13.8. The Kier molecular flexibility index (Phi) is 4.75. The Hall–Kier alpha value is -1.60. The van der Waals surface area contributed by atoms with Gasteiger partial charge in [0, 0.05) is 18.3 Å². The number of carbonyl (C=O) groups is 1. The van der Waals surface area contributed by atoms with E-state index in [0.29, 0.717) is 24.5 Å². The molecule has 102 valence electrons. The zero-order chi connectivity index (χ0) is 13.7. The molecule has 0 aliphatic heterocycles. The summed E-state index contributed by atoms with van der Waals surface area (Å²) in [7, 11) is 0. The molecule has 0 amide bonds. The summed E-state index contributed by atoms with van der Waals surface area (Å²) in [5.74, 6) is 0.671. The van der Waals surface area contributed by atoms with Crippen LogP contribution in [0.15, 0.2) is 11.7 Å². The zero-order valence-electron chi connectivity index (χ0n) is 10.9. The van der Waals surface area contributed by atoms with Crippen molar-refractivity contribution < 1.29 is 4.79 Å². The maximum Gasteiger partial charge on any atom is 0.189 e. The number of thiazole rings is 1. The van der Waals surface area contributed by atoms with Crippen LogP contribution in [0.5, 0.6) is 0 Å². The average molecular weight is 279 g/mol. The van der Waals surface area contributed by atoms with E-state index in [4.69, 9.17) is 5.73 Å². The lowest BCUT2D eigenvalue weighted by atomic mass is 10.2. The monoisotopic (exact) mass is 279 g/mol. The molecule has 0 aromatic carbocycles. The summed E-state index contributed by atoms with van der Waals surface area (Å²) in [6, 6.07) is 0. The molecule has 0 bridgehead atoms. The Morgan fingerprint density at radius 1 is 1.53 bits per heavy atom. The molecule has 0 aliphatic carbocycles. The van der Waals surface area contributed by atoms with E-state index in [1.165, 1.54) is 17.7 Å². The summed E-state index contributed by atoms with van der Waals surface area (Å²) in [6.07, 6.45) is 3.40. The minimum atomic E-state index is -0.0233. The standard InChI is InChI=1S/C12H17N5OS/c1-2-5-17-11(14-8-15-17)6-10(18)9-7-19-12(16-9)3-4-13/h7-8H,2-6,13H2,1H3. The second kappa shape index (κ2) is 6.53. The van der Waals surface area contributed by atoms with Crippen LogP contribution in [0, 0.1) is 0 Å². The van der Waals surface area contributed by atoms with Gasteiger partial charge in [-0.25, -0.2) is 14.6 Å². The van der Waals surface area contributed by atoms with E-state index in [1.807, 2.05) is 0 Å². The van der Waals surface area contributed by atoms with E-state index in [0.717, 1.165) is 18.0 Å². The van der Waals surface area contributed by atoms with Gasteiger partial charge in [0.15, 0.2) is 5.78 Å². The third-order valence-electron chi connectivity index (χ3n) is 2.65. The van der Waals surface area contributed by atoms with Crippen molar-refractivity contribution in [2.45, 2.75) is 32.7 Å². The molecule has 0 fully saturated rings. The number of hydrogen-bond donors (Lipinski definition) is 1. The second-order valence-electron chi connectivity index (χ2n) is 4.16. The van der Waals surface area contributed by atoms with E-state index in [1.54, 1.807) is 10.1 Å². The molecule has 6 nitrogen and oxygen atoms in total. The number of nitrogens with two attached hydrogens (primary N) is 1. The molecule has 0 radical (unpaired) electrons. The second-order valence-corrected chi connectivity index (χ2v) is 5.11. The Balaban J connectivity index is 2.05. The molecule has 2 aromatic heterocycles. The Morgan fingerprint density at radius 3 is 3.11 bits per heavy atom. The molecule has 19 heavy (non-hydrogen) atoms. The lowest BCUT2D eigenvalue weighted by molar-refractivity contribution is 0.0985. The van der Waals surface area contributed by atoms with Gasteiger partial charge in [-0.15, -0.1) is 11.3 Å². The number of hydrogen-bond acceptors (Lipinski definition) is 6. The zero-order valence-corrected chi connectivity index (χ0v) is 11.7. The molecule has 7 heteroatoms. The summed E-state index contributed by atoms with van der Waals surface area (Å²) in [6.45, 7) is 3.39. The van der Waals surface area contributed by atoms with Crippen molar-refractivity contribution in [3.8, 4) is 0 Å². The van der Waals surface area contributed by atoms with Crippen LogP contribution in [0.3, 0.4) is 0 Å². The smallest absolute Gasteiger partial charge is 0.189 e. The molecule has 2 heterocycles. The first-order valence-corrected chi connectivity index (χ1v) is 7.17. The number of Topliss-reactive ketones (excluding diaryl/α,β-unsaturated/α-hetero) is 1. The predicted octanol–water partition coefficient (Wildman–Crippen LogP) is 1.07. The fraction of sp³-hybridized carbons (Fsp3) is 0.500. The largest absolute Gasteiger partial charge is 0.330 e. The van der Waals surface area contributed by atoms with E-state index in [2.05, 4.69) is 22.0 Å². The molecule has 0 saturated carbocycles. The quantitative estimate of drug-likeness (QED) is 0.766. The van der Waals surface area contributed by atoms with Gasteiger partial charge in [0.05, 0.1) is 11.4 Å². The van der Waals surface area contributed by atoms with Crippen molar-refractivity contribution in [2.75, 3.05) is 6.54 Å². The molecule has 2 aromatic rings. The van der Waals surface area contributed by atoms with E-state index >= 15 is 0 Å². The van der Waals surface area contributed by atoms with Gasteiger partial charge in [0.1, 0.15) is 17.8 Å². The molecule has 2 rings (SSSR count). The van der Waals surface area contributed by atoms with Gasteiger partial charge in [-0.3, -0.25) is 4.79 Å². The Bertz CT molecular complexity index is 548. The van der Waals surface area contributed by atoms with Crippen LogP contribution in [0.2, 0.25) is 0 Å². The van der Waals surface area contributed by atoms with Crippen molar-refractivity contribution >= 4 is 17.1 Å². The van der Waals surface area contributed by atoms with Crippen LogP contribution in [-0.4, -0.2) is 32.1 Å². The first-order valence-electron chi connectivity index (χ1n) is 6.29. The lowest BCUT2D eigenvalue weighted by Gasteiger charge is -2.02. The van der Waals surface area contributed by atoms with Crippen molar-refractivity contribution in [3.63, 3.8) is 0 Å². The van der Waals surface area contributed by atoms with Crippen LogP contribution in [-0.2, 0) is 19.4 Å². The summed E-state index contributed by atoms with van der Waals surface area (Å²) >= 11 is 1.47. The summed E-state index contributed by atoms with van der Waals surface area (Å²) in [5, 5.41) is 6.80. The minimum absolute atomic E-state index is 0.0233. The third kappa shape index (κ3) is 3.45. The molecule has 0 saturated heterocycles. The van der Waals surface area contributed by atoms with E-state index in [9.17, 15) is 4.79 Å². The fourth-order valence-corrected chi connectivity index (χ4v) is 2.55. The highest BCUT2D eigenvalue weighted by Crippen LogP contribution is 2.12. The number of carbonyl (C=O) groups excluding carboxylic acids is 1. The molecule has 2 N–H and O–H groups in total. The van der Waals surface area contributed by atoms with Gasteiger partial charge in [0.25, 0.3) is 0 Å². The molecule has 0 atom stereocenters. The third-order valence-corrected chi connectivity index (χ3v) is 3.55. The Labute approximate surface area is 115 Å². The highest BCUT2D eigenvalue weighted by atomic mass is 32.1. The Morgan fingerprint density at radius 2 is 2.37 bits per heavy atom. The predicted molar refractivity (Wildman–Crippen MR) is 73.2 cm³/mol. The van der Waals surface area contributed by atoms with Crippen LogP contribution < -0.4 is 5.73 Å². The highest BCUT2D eigenvalue weighted by molar-refractivity contribution is 7.09. The maximum absolute atomic E-state index is 12.1. The average Bonchev–Trinajstić information content (AvgIpc) is 3.01. The number of nitrogens with zero attached hydrogens (tertiary/aromatic N) is 4. The van der Waals surface area contributed by atoms with Crippen LogP contribution in [0.1, 0.15) is 34.7 Å². The van der Waals surface area contributed by atoms with Gasteiger partial charge < -0.3 is 5.73 Å². The van der Waals surface area contributed by atoms with E-state index in [-0.39, 0.29) is 12.2 Å². The topological polar surface area (TPSA) is 86.7 Å². The molecular weight excluding hydrogens is 262 g/mol. The van der Waals surface area contributed by atoms with E-state index < -0.39 is 0 Å². The van der Waals surface area contributed by atoms with Gasteiger partial charge >= 0.3 is 0 Å². The van der Waals surface area contributed by atoms with Gasteiger partial charge in [-0.1, -0.05) is 6.92 Å². The highest BCUT2D eigenvalue weighted by Gasteiger charge is 2.14. The molecule has 0 spiro atoms. The molecule has 0 unspecified atom stereocenters. The number of aryl methyl sites for hydroxylation is 1. The SMILES string of the molecule is CCCn1ncnc1CC(=O)c1csc(CCN)n1. The van der Waals surface area contributed by atoms with Crippen LogP contribution >= 0.6 is 11.3 Å². The van der Waals surface area contributed by atoms with Crippen LogP contribution in [0.4, 0.5) is 0 Å². The molecule has 0 aliphatic rings. The van der Waals surface area contributed by atoms with Gasteiger partial charge in [0.2, 0.25) is 0 Å². The first-order chi connectivity index (χ1) is 9.24. The fourth-order valence-electron chi connectivity index (χ4n) is 1.74. The number of ketones is 1. The van der Waals surface area contributed by atoms with Crippen LogP contribution in [0.25, 0.3) is 0 Å². The van der Waals surface area contributed by atoms with Crippen molar-refractivity contribution in [1.82, 2.24) is 19.7 Å². The van der Waals surface area contributed by atoms with Crippen molar-refractivity contribution in [1.29, 1.82) is 0 Å². The number of aromatic nitrogens is 4. The van der Waals surface area contributed by atoms with Crippen molar-refractivity contribution in [2.24, 2.45) is 5.73 Å². The lowest BCUT2D eigenvalue weighted by Crippen LogP contribution is -2.12. The summed E-state index contributed by atoms with van der Waals surface area (Å²) in [5.41, 5.74) is 5.97. The summed E-state index contributed by atoms with van der Waals surface area (Å²) in [4.78, 5) is 20.5. The van der Waals surface area contributed by atoms with Gasteiger partial charge in [-0.2, -0.15) is 5.10 Å². The number of rotatable bonds is 7. The normalized spacial score (nSPS) is 10.8. The van der Waals surface area contributed by atoms with Crippen molar-refractivity contribution in [3.05, 3.63) is 28.2 Å². The minimum Gasteiger partial charge on any atom is -0.330 e.